The standard InChI is InChI=1S/C58H78ClN7O16S2/c1-34-14-12-15-45(78-11)58(76)32-44(80-55(74)60-58)35(2)31-57(6,75)46(30-51(71)65(9)42-27-37(26-34)28-43(77-10)53(42)59)81-54(73)36(3)64(8)48(68)22-25-83-84-56(4,5)33-47(67)62-61-40-21-23-63(7)41-29-38(17-18-39(40)41)79-24-13-16-52(72)82-66-49(69)19-20-50(66)70/h12,14-15,17-18,27-29,35-36,44-46,75-76H,13,16,19-26,30-33H2,1-11H3,(H,60,74)(H,62,67)/b15-12+,34-14+,61-40+/t35-,36-,44-,45+,46-,57?,58-/m0/s1. The number of halogens is 1. The molecule has 26 heteroatoms. The fourth-order valence-corrected chi connectivity index (χ4v) is 12.8. The van der Waals surface area contributed by atoms with E-state index in [0.29, 0.717) is 53.1 Å². The minimum absolute atomic E-state index is 0.0158. The van der Waals surface area contributed by atoms with Crippen molar-refractivity contribution in [3.05, 3.63) is 70.3 Å². The third kappa shape index (κ3) is 17.6. The molecular weight excluding hydrogens is 1150 g/mol. The van der Waals surface area contributed by atoms with Crippen molar-refractivity contribution in [3.63, 3.8) is 0 Å². The molecule has 0 saturated carbocycles. The van der Waals surface area contributed by atoms with Gasteiger partial charge in [-0.1, -0.05) is 63.9 Å². The second-order valence-electron chi connectivity index (χ2n) is 22.4. The number of rotatable bonds is 19. The zero-order valence-corrected chi connectivity index (χ0v) is 51.8. The van der Waals surface area contributed by atoms with Crippen molar-refractivity contribution < 1.29 is 77.1 Å². The molecule has 6 amide bonds. The summed E-state index contributed by atoms with van der Waals surface area (Å²) < 4.78 is 28.2. The highest BCUT2D eigenvalue weighted by Crippen LogP contribution is 2.41. The third-order valence-electron chi connectivity index (χ3n) is 14.9. The smallest absolute Gasteiger partial charge is 0.409 e. The number of aliphatic hydroxyl groups is 2. The number of imide groups is 1. The van der Waals surface area contributed by atoms with E-state index >= 15 is 0 Å². The van der Waals surface area contributed by atoms with Crippen LogP contribution in [-0.2, 0) is 59.0 Å². The molecule has 0 aliphatic carbocycles. The Labute approximate surface area is 502 Å². The number of anilines is 2. The number of esters is 1. The number of hydrogen-bond donors (Lipinski definition) is 4. The number of fused-ring (bicyclic) bond motifs is 5. The van der Waals surface area contributed by atoms with Crippen molar-refractivity contribution in [2.45, 2.75) is 153 Å². The Bertz CT molecular complexity index is 2890. The summed E-state index contributed by atoms with van der Waals surface area (Å²) in [6.45, 7) is 11.1. The maximum Gasteiger partial charge on any atom is 0.409 e. The first-order chi connectivity index (χ1) is 39.5. The first kappa shape index (κ1) is 66.8. The Hall–Kier alpha value is -6.38. The Morgan fingerprint density at radius 3 is 2.42 bits per heavy atom. The number of hydroxylamine groups is 2. The molecule has 2 aromatic rings. The second kappa shape index (κ2) is 29.1. The van der Waals surface area contributed by atoms with Crippen LogP contribution in [0.5, 0.6) is 11.5 Å². The molecule has 7 atom stereocenters. The molecule has 6 rings (SSSR count). The van der Waals surface area contributed by atoms with Gasteiger partial charge in [0.2, 0.25) is 17.7 Å². The van der Waals surface area contributed by atoms with Gasteiger partial charge >= 0.3 is 18.0 Å². The van der Waals surface area contributed by atoms with E-state index in [-0.39, 0.29) is 74.8 Å². The number of ether oxygens (including phenoxy) is 5. The number of hydrazone groups is 1. The van der Waals surface area contributed by atoms with Crippen LogP contribution in [0.15, 0.2) is 59.2 Å². The lowest BCUT2D eigenvalue weighted by atomic mass is 9.81. The summed E-state index contributed by atoms with van der Waals surface area (Å²) in [4.78, 5) is 114. The largest absolute Gasteiger partial charge is 0.495 e. The van der Waals surface area contributed by atoms with Crippen molar-refractivity contribution in [2.75, 3.05) is 64.1 Å². The van der Waals surface area contributed by atoms with E-state index < -0.39 is 88.5 Å². The molecule has 2 saturated heterocycles. The molecule has 4 bridgehead atoms. The van der Waals surface area contributed by atoms with E-state index in [9.17, 15) is 48.6 Å². The lowest BCUT2D eigenvalue weighted by Crippen LogP contribution is -2.63. The molecule has 4 aliphatic heterocycles. The van der Waals surface area contributed by atoms with Crippen LogP contribution in [0, 0.1) is 5.92 Å². The number of nitrogens with zero attached hydrogens (tertiary/aromatic N) is 5. The number of amides is 6. The van der Waals surface area contributed by atoms with Gasteiger partial charge in [0.15, 0.2) is 5.72 Å². The highest BCUT2D eigenvalue weighted by Gasteiger charge is 2.49. The molecule has 4 N–H and O–H groups in total. The SMILES string of the molecule is COc1cc2cc(c1Cl)N(C)C(=O)C[C@H](OC(=O)[C@H](C)N(C)C(=O)CCSSC(C)(C)CC(=O)N/N=C1\CCN(C)c3cc(OCCCC(=O)ON4C(=O)CCC4=O)ccc31)C(C)(O)C[C@H](C)[C@@H]1C[C@@](O)(NC(=O)O1)[C@H](OC)/C=C/C=C(\C)C2. The predicted octanol–water partition coefficient (Wildman–Crippen LogP) is 6.56. The van der Waals surface area contributed by atoms with Gasteiger partial charge in [-0.2, -0.15) is 5.10 Å². The van der Waals surface area contributed by atoms with Gasteiger partial charge in [0, 0.05) is 101 Å². The predicted molar refractivity (Wildman–Crippen MR) is 317 cm³/mol. The molecule has 4 aliphatic rings. The fourth-order valence-electron chi connectivity index (χ4n) is 9.97. The average Bonchev–Trinajstić information content (AvgIpc) is 3.94. The second-order valence-corrected chi connectivity index (χ2v) is 25.9. The molecule has 0 spiro atoms. The summed E-state index contributed by atoms with van der Waals surface area (Å²) in [6.07, 6.45) is 1.19. The minimum Gasteiger partial charge on any atom is -0.495 e. The van der Waals surface area contributed by atoms with E-state index in [2.05, 4.69) is 15.8 Å². The van der Waals surface area contributed by atoms with Crippen LogP contribution < -0.4 is 30.0 Å². The lowest BCUT2D eigenvalue weighted by molar-refractivity contribution is -0.197. The number of alkyl carbamates (subject to hydrolysis) is 1. The maximum absolute atomic E-state index is 14.4. The van der Waals surface area contributed by atoms with Gasteiger partial charge in [0.05, 0.1) is 43.6 Å². The summed E-state index contributed by atoms with van der Waals surface area (Å²) in [7, 11) is 10.5. The molecule has 460 valence electrons. The van der Waals surface area contributed by atoms with Gasteiger partial charge in [-0.3, -0.25) is 29.3 Å². The summed E-state index contributed by atoms with van der Waals surface area (Å²) in [5.41, 5.74) is 3.07. The van der Waals surface area contributed by atoms with E-state index in [4.69, 9.17) is 40.1 Å². The van der Waals surface area contributed by atoms with Crippen LogP contribution in [0.3, 0.4) is 0 Å². The average molecular weight is 1230 g/mol. The monoisotopic (exact) mass is 1230 g/mol. The number of methoxy groups -OCH3 is 2. The van der Waals surface area contributed by atoms with Crippen LogP contribution in [0.25, 0.3) is 0 Å². The summed E-state index contributed by atoms with van der Waals surface area (Å²) in [6, 6.07) is 7.78. The van der Waals surface area contributed by atoms with E-state index in [0.717, 1.165) is 22.4 Å². The summed E-state index contributed by atoms with van der Waals surface area (Å²) in [5.74, 6) is -3.47. The Balaban J connectivity index is 1.04. The van der Waals surface area contributed by atoms with Gasteiger partial charge in [-0.15, -0.1) is 5.06 Å². The Kier molecular flexibility index (Phi) is 23.2. The maximum atomic E-state index is 14.4. The van der Waals surface area contributed by atoms with Gasteiger partial charge in [0.25, 0.3) is 11.8 Å². The normalized spacial score (nSPS) is 25.1. The number of hydrogen-bond acceptors (Lipinski definition) is 20. The van der Waals surface area contributed by atoms with E-state index in [1.54, 1.807) is 37.3 Å². The van der Waals surface area contributed by atoms with E-state index in [1.807, 2.05) is 50.9 Å². The third-order valence-corrected chi connectivity index (χ3v) is 18.6. The van der Waals surface area contributed by atoms with Gasteiger partial charge in [-0.25, -0.2) is 19.8 Å². The van der Waals surface area contributed by atoms with Gasteiger partial charge in [0.1, 0.15) is 40.9 Å². The molecule has 2 aromatic carbocycles. The number of benzene rings is 2. The van der Waals surface area contributed by atoms with Crippen LogP contribution in [-0.4, -0.2) is 168 Å². The quantitative estimate of drug-likeness (QED) is 0.0381. The van der Waals surface area contributed by atoms with E-state index in [1.165, 1.54) is 73.6 Å². The molecule has 23 nitrogen and oxygen atoms in total. The zero-order valence-electron chi connectivity index (χ0n) is 49.4. The molecule has 0 aromatic heterocycles. The van der Waals surface area contributed by atoms with Crippen LogP contribution in [0.2, 0.25) is 5.02 Å². The number of allylic oxidation sites excluding steroid dienone is 3. The number of nitrogens with one attached hydrogen (secondary N) is 2. The summed E-state index contributed by atoms with van der Waals surface area (Å²) in [5, 5.41) is 31.8. The van der Waals surface area contributed by atoms with Gasteiger partial charge in [-0.05, 0) is 89.6 Å². The van der Waals surface area contributed by atoms with Crippen molar-refractivity contribution in [3.8, 4) is 11.5 Å². The van der Waals surface area contributed by atoms with Crippen LogP contribution in [0.4, 0.5) is 16.2 Å². The Morgan fingerprint density at radius 2 is 1.73 bits per heavy atom. The summed E-state index contributed by atoms with van der Waals surface area (Å²) >= 11 is 6.81. The van der Waals surface area contributed by atoms with Crippen molar-refractivity contribution >= 4 is 97.8 Å². The number of carbonyl (C=O) groups excluding carboxylic acids is 8. The Morgan fingerprint density at radius 1 is 1.01 bits per heavy atom. The highest BCUT2D eigenvalue weighted by molar-refractivity contribution is 8.77. The minimum atomic E-state index is -1.96. The van der Waals surface area contributed by atoms with Crippen molar-refractivity contribution in [1.82, 2.24) is 20.7 Å². The number of carbonyl (C=O) groups is 8. The first-order valence-corrected chi connectivity index (χ1v) is 30.3. The molecule has 1 unspecified atom stereocenters. The number of likely N-dealkylation sites (N-methyl/N-ethyl adjacent to an activating group) is 1. The zero-order chi connectivity index (χ0) is 61.8. The topological polar surface area (TPSA) is 282 Å². The molecular formula is C58H78ClN7O16S2. The van der Waals surface area contributed by atoms with Crippen molar-refractivity contribution in [2.24, 2.45) is 11.0 Å². The van der Waals surface area contributed by atoms with Crippen LogP contribution >= 0.6 is 33.2 Å². The van der Waals surface area contributed by atoms with Crippen LogP contribution in [0.1, 0.15) is 117 Å². The van der Waals surface area contributed by atoms with Crippen molar-refractivity contribution in [1.29, 1.82) is 0 Å². The lowest BCUT2D eigenvalue weighted by Gasteiger charge is -2.43. The molecule has 0 radical (unpaired) electrons. The molecule has 84 heavy (non-hydrogen) atoms. The van der Waals surface area contributed by atoms with Gasteiger partial charge < -0.3 is 53.4 Å². The first-order valence-electron chi connectivity index (χ1n) is 27.7. The molecule has 4 heterocycles. The highest BCUT2D eigenvalue weighted by atomic mass is 35.5. The molecule has 2 fully saturated rings. The fraction of sp³-hybridized carbons (Fsp3) is 0.569.